The van der Waals surface area contributed by atoms with E-state index in [1.807, 2.05) is 6.92 Å². The van der Waals surface area contributed by atoms with Crippen molar-refractivity contribution in [3.05, 3.63) is 38.4 Å². The number of morpholine rings is 1. The van der Waals surface area contributed by atoms with Crippen LogP contribution in [0.3, 0.4) is 0 Å². The smallest absolute Gasteiger partial charge is 0.271 e. The van der Waals surface area contributed by atoms with Gasteiger partial charge < -0.3 is 4.74 Å². The van der Waals surface area contributed by atoms with Crippen LogP contribution in [0.5, 0.6) is 0 Å². The van der Waals surface area contributed by atoms with Crippen LogP contribution in [0.1, 0.15) is 24.0 Å². The molecule has 2 bridgehead atoms. The van der Waals surface area contributed by atoms with Gasteiger partial charge in [0, 0.05) is 31.8 Å². The van der Waals surface area contributed by atoms with E-state index in [-0.39, 0.29) is 5.69 Å². The predicted octanol–water partition coefficient (Wildman–Crippen LogP) is 2.92. The predicted molar refractivity (Wildman–Crippen MR) is 76.0 cm³/mol. The van der Waals surface area contributed by atoms with Crippen LogP contribution in [-0.4, -0.2) is 35.1 Å². The number of hydrogen-bond donors (Lipinski definition) is 0. The number of hydrogen-bond acceptors (Lipinski definition) is 4. The molecule has 2 aliphatic heterocycles. The molecular weight excluding hydrogens is 280 g/mol. The highest BCUT2D eigenvalue weighted by Crippen LogP contribution is 2.30. The Morgan fingerprint density at radius 3 is 2.65 bits per heavy atom. The van der Waals surface area contributed by atoms with Crippen LogP contribution < -0.4 is 0 Å². The maximum absolute atomic E-state index is 10.9. The van der Waals surface area contributed by atoms with Gasteiger partial charge in [0.1, 0.15) is 0 Å². The van der Waals surface area contributed by atoms with E-state index in [1.165, 1.54) is 6.07 Å². The number of halogens is 1. The topological polar surface area (TPSA) is 55.6 Å². The number of non-ortho nitro benzene ring substituents is 1. The first-order valence-electron chi connectivity index (χ1n) is 6.84. The minimum Gasteiger partial charge on any atom is -0.372 e. The Balaban J connectivity index is 1.81. The third-order valence-electron chi connectivity index (χ3n) is 4.16. The Morgan fingerprint density at radius 1 is 1.40 bits per heavy atom. The summed E-state index contributed by atoms with van der Waals surface area (Å²) in [7, 11) is 0. The highest BCUT2D eigenvalue weighted by molar-refractivity contribution is 6.31. The van der Waals surface area contributed by atoms with E-state index in [9.17, 15) is 10.1 Å². The summed E-state index contributed by atoms with van der Waals surface area (Å²) in [5.41, 5.74) is 1.92. The van der Waals surface area contributed by atoms with Gasteiger partial charge >= 0.3 is 0 Å². The monoisotopic (exact) mass is 296 g/mol. The molecule has 2 aliphatic rings. The van der Waals surface area contributed by atoms with Crippen molar-refractivity contribution in [1.29, 1.82) is 0 Å². The van der Waals surface area contributed by atoms with Crippen LogP contribution >= 0.6 is 11.6 Å². The average Bonchev–Trinajstić information content (AvgIpc) is 2.74. The number of ether oxygens (including phenoxy) is 1. The van der Waals surface area contributed by atoms with E-state index < -0.39 is 4.92 Å². The molecule has 0 saturated carbocycles. The van der Waals surface area contributed by atoms with Crippen molar-refractivity contribution in [1.82, 2.24) is 4.90 Å². The molecule has 2 unspecified atom stereocenters. The van der Waals surface area contributed by atoms with Gasteiger partial charge in [0.05, 0.1) is 22.2 Å². The summed E-state index contributed by atoms with van der Waals surface area (Å²) in [4.78, 5) is 12.9. The highest BCUT2D eigenvalue weighted by Gasteiger charge is 2.33. The number of rotatable bonds is 3. The molecule has 0 amide bonds. The number of likely N-dealkylation sites (tertiary alicyclic amines) is 1. The Morgan fingerprint density at radius 2 is 2.05 bits per heavy atom. The Bertz CT molecular complexity index is 537. The lowest BCUT2D eigenvalue weighted by atomic mass is 10.1. The molecule has 0 spiro atoms. The van der Waals surface area contributed by atoms with Crippen LogP contribution in [0.4, 0.5) is 5.69 Å². The number of nitrogens with zero attached hydrogens (tertiary/aromatic N) is 2. The molecule has 0 aromatic heterocycles. The Labute approximate surface area is 122 Å². The molecular formula is C14H17ClN2O3. The molecule has 2 atom stereocenters. The van der Waals surface area contributed by atoms with Gasteiger partial charge in [-0.15, -0.1) is 0 Å². The first-order valence-corrected chi connectivity index (χ1v) is 7.22. The highest BCUT2D eigenvalue weighted by atomic mass is 35.5. The summed E-state index contributed by atoms with van der Waals surface area (Å²) in [6.45, 7) is 4.41. The van der Waals surface area contributed by atoms with Crippen molar-refractivity contribution in [3.8, 4) is 0 Å². The fraction of sp³-hybridized carbons (Fsp3) is 0.571. The summed E-state index contributed by atoms with van der Waals surface area (Å²) in [6, 6.07) is 3.06. The minimum atomic E-state index is -0.391. The van der Waals surface area contributed by atoms with E-state index in [0.717, 1.165) is 37.1 Å². The molecule has 0 aliphatic carbocycles. The van der Waals surface area contributed by atoms with E-state index in [4.69, 9.17) is 16.3 Å². The Hall–Kier alpha value is -1.17. The third kappa shape index (κ3) is 2.66. The summed E-state index contributed by atoms with van der Waals surface area (Å²) in [5, 5.41) is 11.4. The Kier molecular flexibility index (Phi) is 3.67. The summed E-state index contributed by atoms with van der Waals surface area (Å²) < 4.78 is 5.81. The van der Waals surface area contributed by atoms with Crippen molar-refractivity contribution in [2.24, 2.45) is 0 Å². The van der Waals surface area contributed by atoms with Crippen molar-refractivity contribution in [3.63, 3.8) is 0 Å². The lowest BCUT2D eigenvalue weighted by Crippen LogP contribution is -2.42. The van der Waals surface area contributed by atoms with Gasteiger partial charge in [-0.1, -0.05) is 11.6 Å². The van der Waals surface area contributed by atoms with Gasteiger partial charge in [-0.3, -0.25) is 15.0 Å². The van der Waals surface area contributed by atoms with Crippen molar-refractivity contribution in [2.45, 2.75) is 38.5 Å². The van der Waals surface area contributed by atoms with Crippen molar-refractivity contribution < 1.29 is 9.66 Å². The molecule has 2 saturated heterocycles. The van der Waals surface area contributed by atoms with Gasteiger partial charge in [-0.25, -0.2) is 0 Å². The molecule has 1 aromatic carbocycles. The van der Waals surface area contributed by atoms with Gasteiger partial charge in [0.25, 0.3) is 5.69 Å². The molecule has 3 rings (SSSR count). The molecule has 0 N–H and O–H groups in total. The van der Waals surface area contributed by atoms with Gasteiger partial charge in [0.2, 0.25) is 0 Å². The maximum Gasteiger partial charge on any atom is 0.271 e. The number of nitro groups is 1. The SMILES string of the molecule is Cc1c(Cl)cc([N+](=O)[O-])cc1CN1CC2CCC(C1)O2. The second kappa shape index (κ2) is 5.31. The first kappa shape index (κ1) is 13.8. The summed E-state index contributed by atoms with van der Waals surface area (Å²) >= 11 is 6.10. The zero-order valence-electron chi connectivity index (χ0n) is 11.3. The molecule has 5 nitrogen and oxygen atoms in total. The second-order valence-corrected chi connectivity index (χ2v) is 6.03. The van der Waals surface area contributed by atoms with Crippen molar-refractivity contribution in [2.75, 3.05) is 13.1 Å². The molecule has 0 radical (unpaired) electrons. The minimum absolute atomic E-state index is 0.0619. The first-order chi connectivity index (χ1) is 9.52. The van der Waals surface area contributed by atoms with Gasteiger partial charge in [-0.05, 0) is 30.9 Å². The zero-order chi connectivity index (χ0) is 14.3. The molecule has 20 heavy (non-hydrogen) atoms. The maximum atomic E-state index is 10.9. The quantitative estimate of drug-likeness (QED) is 0.636. The van der Waals surface area contributed by atoms with Gasteiger partial charge in [-0.2, -0.15) is 0 Å². The lowest BCUT2D eigenvalue weighted by molar-refractivity contribution is -0.384. The lowest BCUT2D eigenvalue weighted by Gasteiger charge is -2.32. The normalized spacial score (nSPS) is 25.9. The second-order valence-electron chi connectivity index (χ2n) is 5.62. The fourth-order valence-electron chi connectivity index (χ4n) is 3.06. The summed E-state index contributed by atoms with van der Waals surface area (Å²) in [5.74, 6) is 0. The van der Waals surface area contributed by atoms with Crippen LogP contribution in [-0.2, 0) is 11.3 Å². The fourth-order valence-corrected chi connectivity index (χ4v) is 3.29. The zero-order valence-corrected chi connectivity index (χ0v) is 12.1. The van der Waals surface area contributed by atoms with Crippen molar-refractivity contribution >= 4 is 17.3 Å². The van der Waals surface area contributed by atoms with E-state index in [2.05, 4.69) is 4.90 Å². The average molecular weight is 297 g/mol. The molecule has 2 heterocycles. The largest absolute Gasteiger partial charge is 0.372 e. The third-order valence-corrected chi connectivity index (χ3v) is 4.55. The molecule has 6 heteroatoms. The van der Waals surface area contributed by atoms with Gasteiger partial charge in [0.15, 0.2) is 0 Å². The van der Waals surface area contributed by atoms with E-state index in [0.29, 0.717) is 23.8 Å². The number of nitro benzene ring substituents is 1. The number of fused-ring (bicyclic) bond motifs is 2. The van der Waals surface area contributed by atoms with E-state index in [1.54, 1.807) is 6.07 Å². The standard InChI is InChI=1S/C14H17ClN2O3/c1-9-10(4-11(17(18)19)5-14(9)15)6-16-7-12-2-3-13(8-16)20-12/h4-5,12-13H,2-3,6-8H2,1H3. The molecule has 1 aromatic rings. The van der Waals surface area contributed by atoms with E-state index >= 15 is 0 Å². The van der Waals surface area contributed by atoms with Crippen LogP contribution in [0.15, 0.2) is 12.1 Å². The molecule has 2 fully saturated rings. The number of benzene rings is 1. The van der Waals surface area contributed by atoms with Crippen LogP contribution in [0.25, 0.3) is 0 Å². The van der Waals surface area contributed by atoms with Crippen LogP contribution in [0.2, 0.25) is 5.02 Å². The molecule has 108 valence electrons. The van der Waals surface area contributed by atoms with Crippen LogP contribution in [0, 0.1) is 17.0 Å². The summed E-state index contributed by atoms with van der Waals surface area (Å²) in [6.07, 6.45) is 2.89.